The number of halogens is 4. The summed E-state index contributed by atoms with van der Waals surface area (Å²) in [6.07, 6.45) is -4.82. The molecule has 1 amide bonds. The third-order valence-corrected chi connectivity index (χ3v) is 6.72. The second-order valence-electron chi connectivity index (χ2n) is 6.53. The number of hydrogen-bond donors (Lipinski definition) is 0. The van der Waals surface area contributed by atoms with Crippen LogP contribution in [0.25, 0.3) is 0 Å². The summed E-state index contributed by atoms with van der Waals surface area (Å²) in [7, 11) is -3.69. The second kappa shape index (κ2) is 8.02. The van der Waals surface area contributed by atoms with E-state index in [0.717, 1.165) is 12.1 Å². The SMILES string of the molecule is O=C(c1ccc(OC(F)(F)F)cc1)N1CC[C@H](c2ccccc2F)S(=O)(=O)CC1. The van der Waals surface area contributed by atoms with E-state index in [0.29, 0.717) is 0 Å². The number of sulfone groups is 1. The summed E-state index contributed by atoms with van der Waals surface area (Å²) in [5, 5.41) is -1.07. The van der Waals surface area contributed by atoms with E-state index in [1.165, 1.54) is 35.2 Å². The van der Waals surface area contributed by atoms with Crippen LogP contribution in [0.3, 0.4) is 0 Å². The van der Waals surface area contributed by atoms with E-state index >= 15 is 0 Å². The van der Waals surface area contributed by atoms with Gasteiger partial charge in [-0.05, 0) is 36.8 Å². The van der Waals surface area contributed by atoms with E-state index in [4.69, 9.17) is 0 Å². The van der Waals surface area contributed by atoms with Crippen LogP contribution in [0.5, 0.6) is 5.75 Å². The highest BCUT2D eigenvalue weighted by Gasteiger charge is 2.34. The fourth-order valence-electron chi connectivity index (χ4n) is 3.21. The predicted molar refractivity (Wildman–Crippen MR) is 96.6 cm³/mol. The van der Waals surface area contributed by atoms with Crippen molar-refractivity contribution < 1.29 is 35.5 Å². The Labute approximate surface area is 164 Å². The number of rotatable bonds is 3. The van der Waals surface area contributed by atoms with Gasteiger partial charge in [0.05, 0.1) is 11.0 Å². The highest BCUT2D eigenvalue weighted by atomic mass is 32.2. The average molecular weight is 431 g/mol. The Balaban J connectivity index is 1.76. The molecule has 1 atom stereocenters. The minimum atomic E-state index is -4.84. The molecule has 1 fully saturated rings. The van der Waals surface area contributed by atoms with E-state index in [-0.39, 0.29) is 36.4 Å². The number of benzene rings is 2. The predicted octanol–water partition coefficient (Wildman–Crippen LogP) is 3.73. The lowest BCUT2D eigenvalue weighted by Gasteiger charge is -2.20. The van der Waals surface area contributed by atoms with Gasteiger partial charge < -0.3 is 9.64 Å². The van der Waals surface area contributed by atoms with Crippen molar-refractivity contribution in [2.24, 2.45) is 0 Å². The summed E-state index contributed by atoms with van der Waals surface area (Å²) in [5.74, 6) is -1.95. The van der Waals surface area contributed by atoms with E-state index in [1.807, 2.05) is 0 Å². The van der Waals surface area contributed by atoms with Gasteiger partial charge in [0.15, 0.2) is 9.84 Å². The summed E-state index contributed by atoms with van der Waals surface area (Å²) >= 11 is 0. The molecule has 3 rings (SSSR count). The molecule has 10 heteroatoms. The Morgan fingerprint density at radius 2 is 1.69 bits per heavy atom. The molecule has 0 unspecified atom stereocenters. The maximum Gasteiger partial charge on any atom is 0.573 e. The van der Waals surface area contributed by atoms with E-state index < -0.39 is 38.9 Å². The fraction of sp³-hybridized carbons (Fsp3) is 0.316. The summed E-state index contributed by atoms with van der Waals surface area (Å²) in [4.78, 5) is 14.0. The lowest BCUT2D eigenvalue weighted by molar-refractivity contribution is -0.274. The van der Waals surface area contributed by atoms with Gasteiger partial charge in [-0.15, -0.1) is 13.2 Å². The van der Waals surface area contributed by atoms with E-state index in [1.54, 1.807) is 6.07 Å². The Bertz CT molecular complexity index is 990. The lowest BCUT2D eigenvalue weighted by atomic mass is 10.1. The van der Waals surface area contributed by atoms with Crippen molar-refractivity contribution in [1.82, 2.24) is 4.90 Å². The lowest BCUT2D eigenvalue weighted by Crippen LogP contribution is -2.33. The number of carbonyl (C=O) groups excluding carboxylic acids is 1. The van der Waals surface area contributed by atoms with Crippen LogP contribution in [-0.2, 0) is 9.84 Å². The van der Waals surface area contributed by atoms with Gasteiger partial charge in [0.1, 0.15) is 11.6 Å². The quantitative estimate of drug-likeness (QED) is 0.695. The Kier molecular flexibility index (Phi) is 5.83. The maximum atomic E-state index is 14.1. The maximum absolute atomic E-state index is 14.1. The molecule has 0 bridgehead atoms. The number of amides is 1. The van der Waals surface area contributed by atoms with Crippen molar-refractivity contribution in [3.8, 4) is 5.75 Å². The van der Waals surface area contributed by atoms with Crippen LogP contribution in [0, 0.1) is 5.82 Å². The minimum absolute atomic E-state index is 0.0181. The van der Waals surface area contributed by atoms with Gasteiger partial charge in [0, 0.05) is 24.2 Å². The second-order valence-corrected chi connectivity index (χ2v) is 8.83. The molecule has 0 spiro atoms. The van der Waals surface area contributed by atoms with Gasteiger partial charge in [-0.25, -0.2) is 12.8 Å². The molecule has 0 saturated carbocycles. The molecular weight excluding hydrogens is 414 g/mol. The normalized spacial score (nSPS) is 19.4. The molecular formula is C19H17F4NO4S. The zero-order valence-corrected chi connectivity index (χ0v) is 15.8. The van der Waals surface area contributed by atoms with Gasteiger partial charge in [0.25, 0.3) is 5.91 Å². The molecule has 2 aromatic rings. The Morgan fingerprint density at radius 3 is 2.31 bits per heavy atom. The van der Waals surface area contributed by atoms with Gasteiger partial charge in [0.2, 0.25) is 0 Å². The molecule has 1 heterocycles. The number of carbonyl (C=O) groups is 1. The molecule has 156 valence electrons. The topological polar surface area (TPSA) is 63.7 Å². The molecule has 0 aromatic heterocycles. The van der Waals surface area contributed by atoms with Gasteiger partial charge in [-0.2, -0.15) is 0 Å². The number of hydrogen-bond acceptors (Lipinski definition) is 4. The van der Waals surface area contributed by atoms with Crippen LogP contribution < -0.4 is 4.74 Å². The van der Waals surface area contributed by atoms with Crippen LogP contribution in [0.4, 0.5) is 17.6 Å². The largest absolute Gasteiger partial charge is 0.573 e. The zero-order valence-electron chi connectivity index (χ0n) is 15.0. The molecule has 29 heavy (non-hydrogen) atoms. The summed E-state index contributed by atoms with van der Waals surface area (Å²) < 4.78 is 79.8. The first-order valence-electron chi connectivity index (χ1n) is 8.68. The first kappa shape index (κ1) is 21.1. The monoisotopic (exact) mass is 431 g/mol. The van der Waals surface area contributed by atoms with Crippen LogP contribution >= 0.6 is 0 Å². The first-order chi connectivity index (χ1) is 13.6. The fourth-order valence-corrected chi connectivity index (χ4v) is 5.02. The van der Waals surface area contributed by atoms with Gasteiger partial charge in [-0.1, -0.05) is 18.2 Å². The molecule has 1 aliphatic heterocycles. The molecule has 0 N–H and O–H groups in total. The Hall–Kier alpha value is -2.62. The molecule has 0 aliphatic carbocycles. The van der Waals surface area contributed by atoms with Crippen molar-refractivity contribution in [2.75, 3.05) is 18.8 Å². The summed E-state index contributed by atoms with van der Waals surface area (Å²) in [6, 6.07) is 9.98. The average Bonchev–Trinajstić information content (AvgIpc) is 2.79. The van der Waals surface area contributed by atoms with Crippen molar-refractivity contribution in [3.05, 3.63) is 65.5 Å². The molecule has 5 nitrogen and oxygen atoms in total. The molecule has 0 radical (unpaired) electrons. The van der Waals surface area contributed by atoms with E-state index in [2.05, 4.69) is 4.74 Å². The van der Waals surface area contributed by atoms with E-state index in [9.17, 15) is 30.8 Å². The van der Waals surface area contributed by atoms with Crippen molar-refractivity contribution in [2.45, 2.75) is 18.0 Å². The first-order valence-corrected chi connectivity index (χ1v) is 10.4. The Morgan fingerprint density at radius 1 is 1.03 bits per heavy atom. The zero-order chi connectivity index (χ0) is 21.2. The van der Waals surface area contributed by atoms with Crippen molar-refractivity contribution in [1.29, 1.82) is 0 Å². The van der Waals surface area contributed by atoms with Gasteiger partial charge in [-0.3, -0.25) is 4.79 Å². The summed E-state index contributed by atoms with van der Waals surface area (Å²) in [6.45, 7) is -0.0230. The molecule has 2 aromatic carbocycles. The third-order valence-electron chi connectivity index (χ3n) is 4.61. The smallest absolute Gasteiger partial charge is 0.406 e. The number of ether oxygens (including phenoxy) is 1. The standard InChI is InChI=1S/C19H17F4NO4S/c20-16-4-2-1-3-15(16)17-9-10-24(11-12-29(17,26)27)18(25)13-5-7-14(8-6-13)28-19(21,22)23/h1-8,17H,9-12H2/t17-/m1/s1. The molecule has 1 aliphatic rings. The van der Waals surface area contributed by atoms with Crippen molar-refractivity contribution >= 4 is 15.7 Å². The molecule has 1 saturated heterocycles. The van der Waals surface area contributed by atoms with Crippen LogP contribution in [0.15, 0.2) is 48.5 Å². The van der Waals surface area contributed by atoms with Gasteiger partial charge >= 0.3 is 6.36 Å². The number of alkyl halides is 3. The van der Waals surface area contributed by atoms with Crippen LogP contribution in [0.2, 0.25) is 0 Å². The van der Waals surface area contributed by atoms with Crippen LogP contribution in [-0.4, -0.2) is 44.4 Å². The van der Waals surface area contributed by atoms with Crippen LogP contribution in [0.1, 0.15) is 27.6 Å². The minimum Gasteiger partial charge on any atom is -0.406 e. The highest BCUT2D eigenvalue weighted by Crippen LogP contribution is 2.31. The van der Waals surface area contributed by atoms with Crippen molar-refractivity contribution in [3.63, 3.8) is 0 Å². The highest BCUT2D eigenvalue weighted by molar-refractivity contribution is 7.91. The number of nitrogens with zero attached hydrogens (tertiary/aromatic N) is 1. The third kappa shape index (κ3) is 5.06. The summed E-state index contributed by atoms with van der Waals surface area (Å²) in [5.41, 5.74) is 0.164.